The maximum Gasteiger partial charge on any atom is 0.0477 e. The predicted molar refractivity (Wildman–Crippen MR) is 72.9 cm³/mol. The van der Waals surface area contributed by atoms with Gasteiger partial charge in [-0.25, -0.2) is 0 Å². The summed E-state index contributed by atoms with van der Waals surface area (Å²) in [7, 11) is 1.75. The Bertz CT molecular complexity index is 328. The molecule has 0 heterocycles. The van der Waals surface area contributed by atoms with Gasteiger partial charge in [0.1, 0.15) is 0 Å². The van der Waals surface area contributed by atoms with E-state index in [1.165, 1.54) is 5.56 Å². The Morgan fingerprint density at radius 2 is 2.06 bits per heavy atom. The van der Waals surface area contributed by atoms with Gasteiger partial charge in [-0.2, -0.15) is 0 Å². The van der Waals surface area contributed by atoms with Crippen LogP contribution in [0.3, 0.4) is 0 Å². The molecule has 0 saturated carbocycles. The van der Waals surface area contributed by atoms with Gasteiger partial charge in [-0.1, -0.05) is 25.1 Å². The van der Waals surface area contributed by atoms with Crippen LogP contribution in [0.1, 0.15) is 25.8 Å². The van der Waals surface area contributed by atoms with E-state index in [0.717, 1.165) is 31.8 Å². The average molecular weight is 236 g/mol. The Labute approximate surface area is 105 Å². The van der Waals surface area contributed by atoms with Gasteiger partial charge in [0.15, 0.2) is 0 Å². The number of ether oxygens (including phenoxy) is 1. The van der Waals surface area contributed by atoms with E-state index in [1.807, 2.05) is 18.2 Å². The molecule has 1 aromatic rings. The van der Waals surface area contributed by atoms with Gasteiger partial charge in [0, 0.05) is 32.0 Å². The van der Waals surface area contributed by atoms with Gasteiger partial charge in [-0.3, -0.25) is 4.90 Å². The molecular formula is C14H24N2O. The number of anilines is 1. The van der Waals surface area contributed by atoms with Gasteiger partial charge in [0.05, 0.1) is 0 Å². The third-order valence-corrected chi connectivity index (χ3v) is 3.20. The number of nitrogen functional groups attached to an aromatic ring is 1. The van der Waals surface area contributed by atoms with Crippen molar-refractivity contribution in [2.45, 2.75) is 32.9 Å². The SMILES string of the molecule is CCN(Cc1ccccc1N)C(C)CCOC. The smallest absolute Gasteiger partial charge is 0.0477 e. The lowest BCUT2D eigenvalue weighted by Gasteiger charge is -2.28. The monoisotopic (exact) mass is 236 g/mol. The highest BCUT2D eigenvalue weighted by Crippen LogP contribution is 2.16. The molecule has 1 atom stereocenters. The molecule has 0 fully saturated rings. The van der Waals surface area contributed by atoms with Crippen molar-refractivity contribution in [1.29, 1.82) is 0 Å². The molecule has 3 nitrogen and oxygen atoms in total. The Balaban J connectivity index is 2.60. The fraction of sp³-hybridized carbons (Fsp3) is 0.571. The minimum Gasteiger partial charge on any atom is -0.398 e. The first-order valence-electron chi connectivity index (χ1n) is 6.25. The molecule has 3 heteroatoms. The molecule has 0 radical (unpaired) electrons. The highest BCUT2D eigenvalue weighted by atomic mass is 16.5. The van der Waals surface area contributed by atoms with Crippen molar-refractivity contribution in [3.8, 4) is 0 Å². The second-order valence-electron chi connectivity index (χ2n) is 4.39. The topological polar surface area (TPSA) is 38.5 Å². The van der Waals surface area contributed by atoms with E-state index in [0.29, 0.717) is 6.04 Å². The van der Waals surface area contributed by atoms with Crippen LogP contribution in [-0.4, -0.2) is 31.2 Å². The zero-order chi connectivity index (χ0) is 12.7. The normalized spacial score (nSPS) is 12.9. The van der Waals surface area contributed by atoms with Crippen molar-refractivity contribution in [3.05, 3.63) is 29.8 Å². The molecule has 0 spiro atoms. The Kier molecular flexibility index (Phi) is 6.01. The summed E-state index contributed by atoms with van der Waals surface area (Å²) in [5.41, 5.74) is 8.06. The molecule has 96 valence electrons. The number of rotatable bonds is 7. The van der Waals surface area contributed by atoms with Crippen molar-refractivity contribution in [2.24, 2.45) is 0 Å². The highest BCUT2D eigenvalue weighted by Gasteiger charge is 2.13. The molecule has 0 saturated heterocycles. The number of para-hydroxylation sites is 1. The summed E-state index contributed by atoms with van der Waals surface area (Å²) in [6.07, 6.45) is 1.05. The van der Waals surface area contributed by atoms with E-state index in [2.05, 4.69) is 24.8 Å². The molecule has 17 heavy (non-hydrogen) atoms. The van der Waals surface area contributed by atoms with E-state index in [1.54, 1.807) is 7.11 Å². The lowest BCUT2D eigenvalue weighted by Crippen LogP contribution is -2.33. The van der Waals surface area contributed by atoms with Crippen LogP contribution in [0.15, 0.2) is 24.3 Å². The van der Waals surface area contributed by atoms with Crippen LogP contribution in [0.2, 0.25) is 0 Å². The summed E-state index contributed by atoms with van der Waals surface area (Å²) < 4.78 is 5.13. The van der Waals surface area contributed by atoms with Crippen molar-refractivity contribution in [1.82, 2.24) is 4.90 Å². The molecule has 0 bridgehead atoms. The zero-order valence-corrected chi connectivity index (χ0v) is 11.1. The highest BCUT2D eigenvalue weighted by molar-refractivity contribution is 5.46. The average Bonchev–Trinajstić information content (AvgIpc) is 2.35. The Morgan fingerprint density at radius 1 is 1.35 bits per heavy atom. The summed E-state index contributed by atoms with van der Waals surface area (Å²) in [6, 6.07) is 8.59. The molecule has 0 aromatic heterocycles. The summed E-state index contributed by atoms with van der Waals surface area (Å²) in [5.74, 6) is 0. The number of nitrogens with zero attached hydrogens (tertiary/aromatic N) is 1. The third-order valence-electron chi connectivity index (χ3n) is 3.20. The number of hydrogen-bond acceptors (Lipinski definition) is 3. The minimum absolute atomic E-state index is 0.513. The van der Waals surface area contributed by atoms with Crippen molar-refractivity contribution < 1.29 is 4.74 Å². The van der Waals surface area contributed by atoms with Crippen LogP contribution < -0.4 is 5.73 Å². The number of hydrogen-bond donors (Lipinski definition) is 1. The third kappa shape index (κ3) is 4.36. The second kappa shape index (κ2) is 7.30. The van der Waals surface area contributed by atoms with Gasteiger partial charge in [-0.15, -0.1) is 0 Å². The van der Waals surface area contributed by atoms with Crippen LogP contribution >= 0.6 is 0 Å². The van der Waals surface area contributed by atoms with Gasteiger partial charge < -0.3 is 10.5 Å². The van der Waals surface area contributed by atoms with E-state index in [9.17, 15) is 0 Å². The lowest BCUT2D eigenvalue weighted by molar-refractivity contribution is 0.137. The largest absolute Gasteiger partial charge is 0.398 e. The van der Waals surface area contributed by atoms with E-state index >= 15 is 0 Å². The predicted octanol–water partition coefficient (Wildman–Crippen LogP) is 2.52. The molecule has 0 aliphatic heterocycles. The Hall–Kier alpha value is -1.06. The molecule has 0 aliphatic rings. The van der Waals surface area contributed by atoms with Crippen LogP contribution in [-0.2, 0) is 11.3 Å². The number of nitrogens with two attached hydrogens (primary N) is 1. The van der Waals surface area contributed by atoms with Crippen LogP contribution in [0, 0.1) is 0 Å². The molecule has 2 N–H and O–H groups in total. The lowest BCUT2D eigenvalue weighted by atomic mass is 10.1. The molecule has 0 aliphatic carbocycles. The minimum atomic E-state index is 0.513. The Morgan fingerprint density at radius 3 is 2.65 bits per heavy atom. The quantitative estimate of drug-likeness (QED) is 0.739. The second-order valence-corrected chi connectivity index (χ2v) is 4.39. The van der Waals surface area contributed by atoms with Crippen molar-refractivity contribution in [3.63, 3.8) is 0 Å². The molecular weight excluding hydrogens is 212 g/mol. The van der Waals surface area contributed by atoms with E-state index in [-0.39, 0.29) is 0 Å². The summed E-state index contributed by atoms with van der Waals surface area (Å²) in [5, 5.41) is 0. The molecule has 1 rings (SSSR count). The standard InChI is InChI=1S/C14H24N2O/c1-4-16(12(2)9-10-17-3)11-13-7-5-6-8-14(13)15/h5-8,12H,4,9-11,15H2,1-3H3. The maximum atomic E-state index is 5.97. The summed E-state index contributed by atoms with van der Waals surface area (Å²) in [4.78, 5) is 2.42. The first kappa shape index (κ1) is 14.0. The summed E-state index contributed by atoms with van der Waals surface area (Å²) in [6.45, 7) is 7.17. The van der Waals surface area contributed by atoms with Gasteiger partial charge in [0.2, 0.25) is 0 Å². The van der Waals surface area contributed by atoms with Gasteiger partial charge >= 0.3 is 0 Å². The van der Waals surface area contributed by atoms with Crippen molar-refractivity contribution in [2.75, 3.05) is 26.0 Å². The first-order valence-corrected chi connectivity index (χ1v) is 6.25. The number of methoxy groups -OCH3 is 1. The maximum absolute atomic E-state index is 5.97. The van der Waals surface area contributed by atoms with Gasteiger partial charge in [-0.05, 0) is 31.5 Å². The first-order chi connectivity index (χ1) is 8.19. The zero-order valence-electron chi connectivity index (χ0n) is 11.1. The van der Waals surface area contributed by atoms with Crippen LogP contribution in [0.5, 0.6) is 0 Å². The summed E-state index contributed by atoms with van der Waals surface area (Å²) >= 11 is 0. The van der Waals surface area contributed by atoms with Crippen LogP contribution in [0.25, 0.3) is 0 Å². The van der Waals surface area contributed by atoms with Crippen LogP contribution in [0.4, 0.5) is 5.69 Å². The fourth-order valence-electron chi connectivity index (χ4n) is 1.95. The van der Waals surface area contributed by atoms with Crippen molar-refractivity contribution >= 4 is 5.69 Å². The van der Waals surface area contributed by atoms with Gasteiger partial charge in [0.25, 0.3) is 0 Å². The molecule has 1 aromatic carbocycles. The van der Waals surface area contributed by atoms with E-state index < -0.39 is 0 Å². The molecule has 0 amide bonds. The fourth-order valence-corrected chi connectivity index (χ4v) is 1.95. The number of benzene rings is 1. The van der Waals surface area contributed by atoms with E-state index in [4.69, 9.17) is 10.5 Å². The molecule has 1 unspecified atom stereocenters.